The van der Waals surface area contributed by atoms with Gasteiger partial charge in [-0.3, -0.25) is 4.79 Å². The van der Waals surface area contributed by atoms with Crippen LogP contribution in [0.4, 0.5) is 0 Å². The number of carbonyl (C=O) groups is 1. The van der Waals surface area contributed by atoms with Crippen LogP contribution in [0.1, 0.15) is 24.3 Å². The number of rotatable bonds is 7. The molecule has 1 amide bonds. The standard InChI is InChI=1S/C16H24N2O3/c1-20-12-10-18(9-4-8-17)16(19)14-7-11-21-15-6-3-2-5-13(14)15/h2-3,5-6,14H,4,7-12,17H2,1H3. The van der Waals surface area contributed by atoms with Gasteiger partial charge in [-0.25, -0.2) is 0 Å². The summed E-state index contributed by atoms with van der Waals surface area (Å²) in [7, 11) is 1.65. The number of hydrogen-bond acceptors (Lipinski definition) is 4. The molecule has 0 bridgehead atoms. The maximum absolute atomic E-state index is 12.8. The zero-order chi connectivity index (χ0) is 15.1. The second-order valence-corrected chi connectivity index (χ2v) is 5.19. The Balaban J connectivity index is 2.12. The number of nitrogens with zero attached hydrogens (tertiary/aromatic N) is 1. The van der Waals surface area contributed by atoms with Gasteiger partial charge in [-0.05, 0) is 25.5 Å². The van der Waals surface area contributed by atoms with Crippen molar-refractivity contribution >= 4 is 5.91 Å². The second kappa shape index (κ2) is 8.00. The first-order chi connectivity index (χ1) is 10.3. The van der Waals surface area contributed by atoms with Crippen LogP contribution in [0.25, 0.3) is 0 Å². The van der Waals surface area contributed by atoms with Gasteiger partial charge in [-0.2, -0.15) is 0 Å². The summed E-state index contributed by atoms with van der Waals surface area (Å²) in [6.45, 7) is 3.00. The van der Waals surface area contributed by atoms with E-state index in [0.29, 0.717) is 32.8 Å². The Kier molecular flexibility index (Phi) is 6.02. The molecule has 2 rings (SSSR count). The normalized spacial score (nSPS) is 17.0. The van der Waals surface area contributed by atoms with Gasteiger partial charge in [0.15, 0.2) is 0 Å². The number of nitrogens with two attached hydrogens (primary N) is 1. The summed E-state index contributed by atoms with van der Waals surface area (Å²) in [5.41, 5.74) is 6.56. The summed E-state index contributed by atoms with van der Waals surface area (Å²) in [5, 5.41) is 0. The van der Waals surface area contributed by atoms with Gasteiger partial charge >= 0.3 is 0 Å². The van der Waals surface area contributed by atoms with Gasteiger partial charge in [0.25, 0.3) is 0 Å². The second-order valence-electron chi connectivity index (χ2n) is 5.19. The molecule has 0 saturated heterocycles. The van der Waals surface area contributed by atoms with E-state index in [1.54, 1.807) is 7.11 Å². The van der Waals surface area contributed by atoms with E-state index in [1.165, 1.54) is 0 Å². The minimum Gasteiger partial charge on any atom is -0.493 e. The van der Waals surface area contributed by atoms with Crippen LogP contribution in [-0.2, 0) is 9.53 Å². The lowest BCUT2D eigenvalue weighted by Crippen LogP contribution is -2.40. The van der Waals surface area contributed by atoms with Crippen LogP contribution >= 0.6 is 0 Å². The number of methoxy groups -OCH3 is 1. The molecular formula is C16H24N2O3. The molecule has 0 aromatic heterocycles. The summed E-state index contributed by atoms with van der Waals surface area (Å²) in [4.78, 5) is 14.7. The lowest BCUT2D eigenvalue weighted by Gasteiger charge is -2.30. The monoisotopic (exact) mass is 292 g/mol. The predicted octanol–water partition coefficient (Wildman–Crippen LogP) is 1.38. The summed E-state index contributed by atoms with van der Waals surface area (Å²) < 4.78 is 10.7. The van der Waals surface area contributed by atoms with Crippen LogP contribution in [0.2, 0.25) is 0 Å². The van der Waals surface area contributed by atoms with Gasteiger partial charge < -0.3 is 20.1 Å². The molecule has 0 aliphatic carbocycles. The van der Waals surface area contributed by atoms with E-state index >= 15 is 0 Å². The van der Waals surface area contributed by atoms with Gasteiger partial charge in [-0.15, -0.1) is 0 Å². The highest BCUT2D eigenvalue weighted by Crippen LogP contribution is 2.34. The van der Waals surface area contributed by atoms with Gasteiger partial charge in [0.05, 0.1) is 19.1 Å². The molecule has 5 heteroatoms. The first kappa shape index (κ1) is 15.8. The smallest absolute Gasteiger partial charge is 0.230 e. The van der Waals surface area contributed by atoms with Crippen molar-refractivity contribution in [2.75, 3.05) is 40.0 Å². The van der Waals surface area contributed by atoms with Crippen LogP contribution in [0.5, 0.6) is 5.75 Å². The average Bonchev–Trinajstić information content (AvgIpc) is 2.54. The van der Waals surface area contributed by atoms with Crippen LogP contribution < -0.4 is 10.5 Å². The number of para-hydroxylation sites is 1. The van der Waals surface area contributed by atoms with Crippen LogP contribution in [0, 0.1) is 0 Å². The third-order valence-corrected chi connectivity index (χ3v) is 3.77. The largest absolute Gasteiger partial charge is 0.493 e. The third-order valence-electron chi connectivity index (χ3n) is 3.77. The Morgan fingerprint density at radius 3 is 3.00 bits per heavy atom. The molecule has 5 nitrogen and oxygen atoms in total. The van der Waals surface area contributed by atoms with Crippen molar-refractivity contribution in [1.82, 2.24) is 4.90 Å². The number of ether oxygens (including phenoxy) is 2. The van der Waals surface area contributed by atoms with Crippen molar-refractivity contribution in [1.29, 1.82) is 0 Å². The Morgan fingerprint density at radius 1 is 1.43 bits per heavy atom. The fraction of sp³-hybridized carbons (Fsp3) is 0.562. The van der Waals surface area contributed by atoms with Crippen molar-refractivity contribution < 1.29 is 14.3 Å². The van der Waals surface area contributed by atoms with Crippen molar-refractivity contribution in [3.8, 4) is 5.75 Å². The fourth-order valence-corrected chi connectivity index (χ4v) is 2.63. The molecule has 2 N–H and O–H groups in total. The van der Waals surface area contributed by atoms with E-state index in [-0.39, 0.29) is 11.8 Å². The molecule has 0 saturated carbocycles. The molecule has 1 aromatic rings. The summed E-state index contributed by atoms with van der Waals surface area (Å²) in [5.74, 6) is 0.855. The van der Waals surface area contributed by atoms with Gasteiger partial charge in [0, 0.05) is 25.8 Å². The molecule has 0 fully saturated rings. The first-order valence-corrected chi connectivity index (χ1v) is 7.47. The number of amides is 1. The zero-order valence-electron chi connectivity index (χ0n) is 12.6. The molecule has 1 unspecified atom stereocenters. The van der Waals surface area contributed by atoms with Crippen molar-refractivity contribution in [2.45, 2.75) is 18.8 Å². The van der Waals surface area contributed by atoms with Crippen LogP contribution in [0.15, 0.2) is 24.3 Å². The predicted molar refractivity (Wildman–Crippen MR) is 81.4 cm³/mol. The van der Waals surface area contributed by atoms with Gasteiger partial charge in [0.2, 0.25) is 5.91 Å². The highest BCUT2D eigenvalue weighted by molar-refractivity contribution is 5.84. The van der Waals surface area contributed by atoms with E-state index in [1.807, 2.05) is 29.2 Å². The molecule has 1 atom stereocenters. The highest BCUT2D eigenvalue weighted by Gasteiger charge is 2.30. The number of carbonyl (C=O) groups excluding carboxylic acids is 1. The minimum absolute atomic E-state index is 0.121. The van der Waals surface area contributed by atoms with Crippen molar-refractivity contribution in [3.63, 3.8) is 0 Å². The zero-order valence-corrected chi connectivity index (χ0v) is 12.6. The van der Waals surface area contributed by atoms with E-state index in [4.69, 9.17) is 15.2 Å². The summed E-state index contributed by atoms with van der Waals surface area (Å²) in [6, 6.07) is 7.79. The maximum Gasteiger partial charge on any atom is 0.230 e. The molecule has 1 aliphatic rings. The Hall–Kier alpha value is -1.59. The quantitative estimate of drug-likeness (QED) is 0.824. The molecular weight excluding hydrogens is 268 g/mol. The van der Waals surface area contributed by atoms with E-state index in [9.17, 15) is 4.79 Å². The molecule has 21 heavy (non-hydrogen) atoms. The minimum atomic E-state index is -0.121. The molecule has 1 aliphatic heterocycles. The Labute approximate surface area is 126 Å². The molecule has 0 radical (unpaired) electrons. The van der Waals surface area contributed by atoms with Crippen molar-refractivity contribution in [3.05, 3.63) is 29.8 Å². The summed E-state index contributed by atoms with van der Waals surface area (Å²) >= 11 is 0. The van der Waals surface area contributed by atoms with Gasteiger partial charge in [0.1, 0.15) is 5.75 Å². The number of fused-ring (bicyclic) bond motifs is 1. The average molecular weight is 292 g/mol. The first-order valence-electron chi connectivity index (χ1n) is 7.47. The van der Waals surface area contributed by atoms with E-state index in [0.717, 1.165) is 24.2 Å². The van der Waals surface area contributed by atoms with E-state index in [2.05, 4.69) is 0 Å². The maximum atomic E-state index is 12.8. The number of benzene rings is 1. The van der Waals surface area contributed by atoms with E-state index < -0.39 is 0 Å². The van der Waals surface area contributed by atoms with Crippen molar-refractivity contribution in [2.24, 2.45) is 5.73 Å². The SMILES string of the molecule is COCCN(CCCN)C(=O)C1CCOc2ccccc21. The topological polar surface area (TPSA) is 64.8 Å². The highest BCUT2D eigenvalue weighted by atomic mass is 16.5. The lowest BCUT2D eigenvalue weighted by molar-refractivity contribution is -0.134. The van der Waals surface area contributed by atoms with Gasteiger partial charge in [-0.1, -0.05) is 18.2 Å². The van der Waals surface area contributed by atoms with Crippen LogP contribution in [0.3, 0.4) is 0 Å². The number of hydrogen-bond donors (Lipinski definition) is 1. The summed E-state index contributed by atoms with van der Waals surface area (Å²) in [6.07, 6.45) is 1.53. The molecule has 116 valence electrons. The lowest BCUT2D eigenvalue weighted by atomic mass is 9.91. The van der Waals surface area contributed by atoms with Crippen LogP contribution in [-0.4, -0.2) is 50.8 Å². The fourth-order valence-electron chi connectivity index (χ4n) is 2.63. The molecule has 0 spiro atoms. The Bertz CT molecular complexity index is 457. The third kappa shape index (κ3) is 3.95. The molecule has 1 heterocycles. The molecule has 1 aromatic carbocycles. The Morgan fingerprint density at radius 2 is 2.24 bits per heavy atom.